The van der Waals surface area contributed by atoms with Crippen molar-refractivity contribution in [3.63, 3.8) is 0 Å². The molecular formula is C19H19NO2. The number of hydrogen-bond donors (Lipinski definition) is 0. The second kappa shape index (κ2) is 5.09. The van der Waals surface area contributed by atoms with E-state index in [1.54, 1.807) is 17.0 Å². The monoisotopic (exact) mass is 293 g/mol. The SMILES string of the molecule is CC(C)(C)c1cccc(CN2C(=O)C(=O)c3ccccc32)c1. The normalized spacial score (nSPS) is 14.4. The van der Waals surface area contributed by atoms with Crippen LogP contribution < -0.4 is 4.90 Å². The lowest BCUT2D eigenvalue weighted by molar-refractivity contribution is -0.114. The third kappa shape index (κ3) is 2.43. The van der Waals surface area contributed by atoms with Gasteiger partial charge in [0, 0.05) is 0 Å². The maximum atomic E-state index is 12.2. The third-order valence-electron chi connectivity index (χ3n) is 4.01. The first-order valence-electron chi connectivity index (χ1n) is 7.42. The van der Waals surface area contributed by atoms with Crippen LogP contribution in [0, 0.1) is 0 Å². The number of amides is 1. The molecular weight excluding hydrogens is 274 g/mol. The number of anilines is 1. The van der Waals surface area contributed by atoms with E-state index in [0.717, 1.165) is 5.56 Å². The van der Waals surface area contributed by atoms with Gasteiger partial charge in [0.15, 0.2) is 0 Å². The summed E-state index contributed by atoms with van der Waals surface area (Å²) in [6, 6.07) is 15.4. The standard InChI is InChI=1S/C19H19NO2/c1-19(2,3)14-8-6-7-13(11-14)12-20-16-10-5-4-9-15(16)17(21)18(20)22/h4-11H,12H2,1-3H3. The van der Waals surface area contributed by atoms with Gasteiger partial charge in [0.05, 0.1) is 17.8 Å². The molecule has 1 aliphatic heterocycles. The number of carbonyl (C=O) groups excluding carboxylic acids is 2. The Morgan fingerprint density at radius 3 is 2.41 bits per heavy atom. The van der Waals surface area contributed by atoms with E-state index in [-0.39, 0.29) is 5.41 Å². The maximum absolute atomic E-state index is 12.2. The van der Waals surface area contributed by atoms with Crippen molar-refractivity contribution in [2.45, 2.75) is 32.7 Å². The first-order chi connectivity index (χ1) is 10.4. The van der Waals surface area contributed by atoms with Gasteiger partial charge in [-0.2, -0.15) is 0 Å². The molecule has 2 aromatic rings. The van der Waals surface area contributed by atoms with Crippen LogP contribution in [0.2, 0.25) is 0 Å². The van der Waals surface area contributed by atoms with Crippen LogP contribution in [0.3, 0.4) is 0 Å². The van der Waals surface area contributed by atoms with Gasteiger partial charge in [-0.3, -0.25) is 9.59 Å². The quantitative estimate of drug-likeness (QED) is 0.791. The Labute approximate surface area is 130 Å². The highest BCUT2D eigenvalue weighted by Crippen LogP contribution is 2.30. The number of para-hydroxylation sites is 1. The van der Waals surface area contributed by atoms with E-state index in [4.69, 9.17) is 0 Å². The number of Topliss-reactive ketones (excluding diaryl/α,β-unsaturated/α-hetero) is 1. The topological polar surface area (TPSA) is 37.4 Å². The molecule has 112 valence electrons. The van der Waals surface area contributed by atoms with Crippen molar-refractivity contribution in [3.05, 3.63) is 65.2 Å². The summed E-state index contributed by atoms with van der Waals surface area (Å²) in [6.45, 7) is 6.90. The summed E-state index contributed by atoms with van der Waals surface area (Å²) < 4.78 is 0. The second-order valence-electron chi connectivity index (χ2n) is 6.69. The number of ketones is 1. The van der Waals surface area contributed by atoms with E-state index >= 15 is 0 Å². The predicted octanol–water partition coefficient (Wildman–Crippen LogP) is 3.71. The lowest BCUT2D eigenvalue weighted by Gasteiger charge is -2.21. The largest absolute Gasteiger partial charge is 0.300 e. The van der Waals surface area contributed by atoms with Crippen molar-refractivity contribution in [2.75, 3.05) is 4.90 Å². The highest BCUT2D eigenvalue weighted by Gasteiger charge is 2.35. The molecule has 0 saturated carbocycles. The van der Waals surface area contributed by atoms with E-state index in [9.17, 15) is 9.59 Å². The van der Waals surface area contributed by atoms with Gasteiger partial charge in [0.2, 0.25) is 0 Å². The van der Waals surface area contributed by atoms with Crippen LogP contribution in [0.25, 0.3) is 0 Å². The molecule has 0 aliphatic carbocycles. The summed E-state index contributed by atoms with van der Waals surface area (Å²) in [4.78, 5) is 25.8. The van der Waals surface area contributed by atoms with Crippen LogP contribution in [0.5, 0.6) is 0 Å². The van der Waals surface area contributed by atoms with Gasteiger partial charge >= 0.3 is 0 Å². The van der Waals surface area contributed by atoms with Gasteiger partial charge in [-0.25, -0.2) is 0 Å². The fraction of sp³-hybridized carbons (Fsp3) is 0.263. The summed E-state index contributed by atoms with van der Waals surface area (Å²) in [5.74, 6) is -0.857. The van der Waals surface area contributed by atoms with Crippen molar-refractivity contribution in [1.82, 2.24) is 0 Å². The first-order valence-corrected chi connectivity index (χ1v) is 7.42. The molecule has 0 radical (unpaired) electrons. The second-order valence-corrected chi connectivity index (χ2v) is 6.69. The molecule has 1 aliphatic rings. The van der Waals surface area contributed by atoms with Crippen molar-refractivity contribution in [3.8, 4) is 0 Å². The summed E-state index contributed by atoms with van der Waals surface area (Å²) in [6.07, 6.45) is 0. The molecule has 22 heavy (non-hydrogen) atoms. The minimum absolute atomic E-state index is 0.0543. The Morgan fingerprint density at radius 2 is 1.68 bits per heavy atom. The average Bonchev–Trinajstić information content (AvgIpc) is 2.72. The Morgan fingerprint density at radius 1 is 0.955 bits per heavy atom. The molecule has 0 unspecified atom stereocenters. The first kappa shape index (κ1) is 14.5. The van der Waals surface area contributed by atoms with Crippen LogP contribution in [0.15, 0.2) is 48.5 Å². The van der Waals surface area contributed by atoms with Crippen molar-refractivity contribution in [2.24, 2.45) is 0 Å². The van der Waals surface area contributed by atoms with Gasteiger partial charge < -0.3 is 4.90 Å². The minimum atomic E-state index is -0.442. The van der Waals surface area contributed by atoms with Gasteiger partial charge in [-0.15, -0.1) is 0 Å². The van der Waals surface area contributed by atoms with Crippen molar-refractivity contribution < 1.29 is 9.59 Å². The maximum Gasteiger partial charge on any atom is 0.299 e. The molecule has 3 nitrogen and oxygen atoms in total. The lowest BCUT2D eigenvalue weighted by Crippen LogP contribution is -2.29. The number of rotatable bonds is 2. The van der Waals surface area contributed by atoms with Gasteiger partial charge in [-0.1, -0.05) is 57.2 Å². The lowest BCUT2D eigenvalue weighted by atomic mass is 9.86. The number of benzene rings is 2. The Balaban J connectivity index is 1.94. The molecule has 0 N–H and O–H groups in total. The molecule has 1 heterocycles. The molecule has 0 aromatic heterocycles. The number of hydrogen-bond acceptors (Lipinski definition) is 2. The van der Waals surface area contributed by atoms with Crippen LogP contribution >= 0.6 is 0 Å². The van der Waals surface area contributed by atoms with Gasteiger partial charge in [-0.05, 0) is 28.7 Å². The van der Waals surface area contributed by atoms with Crippen molar-refractivity contribution >= 4 is 17.4 Å². The zero-order chi connectivity index (χ0) is 15.9. The van der Waals surface area contributed by atoms with E-state index in [1.807, 2.05) is 24.3 Å². The fourth-order valence-electron chi connectivity index (χ4n) is 2.72. The molecule has 0 atom stereocenters. The molecule has 1 amide bonds. The minimum Gasteiger partial charge on any atom is -0.300 e. The molecule has 0 fully saturated rings. The number of fused-ring (bicyclic) bond motifs is 1. The van der Waals surface area contributed by atoms with Crippen LogP contribution in [-0.2, 0) is 16.8 Å². The van der Waals surface area contributed by atoms with E-state index in [2.05, 4.69) is 32.9 Å². The summed E-state index contributed by atoms with van der Waals surface area (Å²) in [5, 5.41) is 0. The van der Waals surface area contributed by atoms with Crippen molar-refractivity contribution in [1.29, 1.82) is 0 Å². The molecule has 0 spiro atoms. The molecule has 0 saturated heterocycles. The van der Waals surface area contributed by atoms with E-state index in [0.29, 0.717) is 17.8 Å². The fourth-order valence-corrected chi connectivity index (χ4v) is 2.72. The Bertz CT molecular complexity index is 756. The third-order valence-corrected chi connectivity index (χ3v) is 4.01. The molecule has 3 rings (SSSR count). The summed E-state index contributed by atoms with van der Waals surface area (Å²) in [7, 11) is 0. The van der Waals surface area contributed by atoms with Crippen LogP contribution in [0.1, 0.15) is 42.3 Å². The van der Waals surface area contributed by atoms with E-state index < -0.39 is 11.7 Å². The van der Waals surface area contributed by atoms with E-state index in [1.165, 1.54) is 5.56 Å². The average molecular weight is 293 g/mol. The summed E-state index contributed by atoms with van der Waals surface area (Å²) >= 11 is 0. The highest BCUT2D eigenvalue weighted by molar-refractivity contribution is 6.52. The Kier molecular flexibility index (Phi) is 3.36. The predicted molar refractivity (Wildman–Crippen MR) is 87.1 cm³/mol. The molecule has 0 bridgehead atoms. The van der Waals surface area contributed by atoms with Gasteiger partial charge in [0.25, 0.3) is 11.7 Å². The van der Waals surface area contributed by atoms with Gasteiger partial charge in [0.1, 0.15) is 0 Å². The van der Waals surface area contributed by atoms with Crippen LogP contribution in [0.4, 0.5) is 5.69 Å². The number of carbonyl (C=O) groups is 2. The Hall–Kier alpha value is -2.42. The summed E-state index contributed by atoms with van der Waals surface area (Å²) in [5.41, 5.74) is 3.51. The van der Waals surface area contributed by atoms with Crippen LogP contribution in [-0.4, -0.2) is 11.7 Å². The zero-order valence-electron chi connectivity index (χ0n) is 13.1. The molecule has 3 heteroatoms. The highest BCUT2D eigenvalue weighted by atomic mass is 16.2. The number of nitrogens with zero attached hydrogens (tertiary/aromatic N) is 1. The smallest absolute Gasteiger partial charge is 0.299 e. The molecule has 2 aromatic carbocycles. The zero-order valence-corrected chi connectivity index (χ0v) is 13.1.